The first kappa shape index (κ1) is 23.1. The molecule has 0 fully saturated rings. The minimum atomic E-state index is -3.48. The third-order valence-electron chi connectivity index (χ3n) is 6.31. The number of carbonyl (C=O) groups is 1. The average molecular weight is 463 g/mol. The zero-order chi connectivity index (χ0) is 23.6. The van der Waals surface area contributed by atoms with Crippen LogP contribution in [0.5, 0.6) is 0 Å². The van der Waals surface area contributed by atoms with Gasteiger partial charge in [-0.2, -0.15) is 0 Å². The Balaban J connectivity index is 1.52. The molecule has 0 bridgehead atoms. The van der Waals surface area contributed by atoms with Gasteiger partial charge in [0.2, 0.25) is 10.0 Å². The molecule has 172 valence electrons. The van der Waals surface area contributed by atoms with E-state index >= 15 is 0 Å². The summed E-state index contributed by atoms with van der Waals surface area (Å²) in [5.74, 6) is -0.113. The Bertz CT molecular complexity index is 1250. The summed E-state index contributed by atoms with van der Waals surface area (Å²) < 4.78 is 26.6. The fourth-order valence-corrected chi connectivity index (χ4v) is 5.64. The van der Waals surface area contributed by atoms with Gasteiger partial charge in [-0.1, -0.05) is 54.6 Å². The number of hydrogen-bond donors (Lipinski definition) is 1. The van der Waals surface area contributed by atoms with Crippen LogP contribution in [-0.2, 0) is 23.0 Å². The van der Waals surface area contributed by atoms with Crippen LogP contribution in [0.4, 0.5) is 5.69 Å². The molecule has 3 aromatic rings. The Morgan fingerprint density at radius 2 is 1.64 bits per heavy atom. The van der Waals surface area contributed by atoms with Crippen molar-refractivity contribution >= 4 is 21.6 Å². The molecule has 33 heavy (non-hydrogen) atoms. The van der Waals surface area contributed by atoms with E-state index in [2.05, 4.69) is 17.4 Å². The van der Waals surface area contributed by atoms with Crippen LogP contribution in [0.25, 0.3) is 0 Å². The van der Waals surface area contributed by atoms with Crippen molar-refractivity contribution in [3.05, 3.63) is 100 Å². The Morgan fingerprint density at radius 3 is 2.30 bits per heavy atom. The molecule has 6 heteroatoms. The van der Waals surface area contributed by atoms with Gasteiger partial charge in [-0.3, -0.25) is 9.10 Å². The van der Waals surface area contributed by atoms with Gasteiger partial charge in [0.05, 0.1) is 24.5 Å². The van der Waals surface area contributed by atoms with E-state index in [9.17, 15) is 13.2 Å². The standard InChI is InChI=1S/C27H30N2O3S/c1-19-8-6-9-20(2)26(19)29(33(3,31)32)18-21-14-16-23(17-15-21)27(30)28-25-13-7-11-22-10-4-5-12-24(22)25/h4-6,8-10,12,14-17,25H,7,11,13,18H2,1-3H3,(H,28,30). The summed E-state index contributed by atoms with van der Waals surface area (Å²) in [6.45, 7) is 4.04. The van der Waals surface area contributed by atoms with Gasteiger partial charge in [0.1, 0.15) is 0 Å². The van der Waals surface area contributed by atoms with E-state index in [1.807, 2.05) is 56.3 Å². The van der Waals surface area contributed by atoms with E-state index in [0.29, 0.717) is 11.3 Å². The second-order valence-electron chi connectivity index (χ2n) is 8.82. The maximum absolute atomic E-state index is 12.9. The van der Waals surface area contributed by atoms with Crippen LogP contribution in [0.15, 0.2) is 66.7 Å². The summed E-state index contributed by atoms with van der Waals surface area (Å²) in [4.78, 5) is 12.9. The van der Waals surface area contributed by atoms with E-state index in [1.165, 1.54) is 21.7 Å². The number of carbonyl (C=O) groups excluding carboxylic acids is 1. The molecule has 0 saturated heterocycles. The zero-order valence-electron chi connectivity index (χ0n) is 19.3. The summed E-state index contributed by atoms with van der Waals surface area (Å²) in [7, 11) is -3.48. The number of aryl methyl sites for hydroxylation is 3. The van der Waals surface area contributed by atoms with Gasteiger partial charge >= 0.3 is 0 Å². The number of fused-ring (bicyclic) bond motifs is 1. The number of benzene rings is 3. The van der Waals surface area contributed by atoms with Crippen LogP contribution in [-0.4, -0.2) is 20.6 Å². The molecule has 1 atom stereocenters. The van der Waals surface area contributed by atoms with Crippen LogP contribution in [0.2, 0.25) is 0 Å². The summed E-state index contributed by atoms with van der Waals surface area (Å²) in [5.41, 5.74) is 6.41. The molecule has 0 heterocycles. The minimum Gasteiger partial charge on any atom is -0.345 e. The van der Waals surface area contributed by atoms with Crippen LogP contribution >= 0.6 is 0 Å². The van der Waals surface area contributed by atoms with E-state index in [4.69, 9.17) is 0 Å². The van der Waals surface area contributed by atoms with Gasteiger partial charge in [0, 0.05) is 5.56 Å². The van der Waals surface area contributed by atoms with Crippen molar-refractivity contribution in [2.45, 2.75) is 45.7 Å². The number of sulfonamides is 1. The smallest absolute Gasteiger partial charge is 0.251 e. The lowest BCUT2D eigenvalue weighted by molar-refractivity contribution is 0.0932. The third-order valence-corrected chi connectivity index (χ3v) is 7.42. The zero-order valence-corrected chi connectivity index (χ0v) is 20.2. The molecular weight excluding hydrogens is 432 g/mol. The van der Waals surface area contributed by atoms with Crippen molar-refractivity contribution in [3.8, 4) is 0 Å². The molecular formula is C27H30N2O3S. The van der Waals surface area contributed by atoms with Gasteiger partial charge < -0.3 is 5.32 Å². The number of nitrogens with one attached hydrogen (secondary N) is 1. The molecule has 0 aromatic heterocycles. The van der Waals surface area contributed by atoms with E-state index in [1.54, 1.807) is 12.1 Å². The number of amides is 1. The Kier molecular flexibility index (Phi) is 6.56. The quantitative estimate of drug-likeness (QED) is 0.556. The molecule has 0 aliphatic heterocycles. The van der Waals surface area contributed by atoms with Gasteiger partial charge in [0.15, 0.2) is 0 Å². The van der Waals surface area contributed by atoms with E-state index in [-0.39, 0.29) is 18.5 Å². The van der Waals surface area contributed by atoms with Crippen LogP contribution in [0.1, 0.15) is 57.1 Å². The SMILES string of the molecule is Cc1cccc(C)c1N(Cc1ccc(C(=O)NC2CCCc3ccccc32)cc1)S(C)(=O)=O. The molecule has 0 radical (unpaired) electrons. The topological polar surface area (TPSA) is 66.5 Å². The molecule has 1 N–H and O–H groups in total. The Labute approximate surface area is 196 Å². The second kappa shape index (κ2) is 9.40. The first-order valence-electron chi connectivity index (χ1n) is 11.3. The predicted octanol–water partition coefficient (Wildman–Crippen LogP) is 5.08. The first-order chi connectivity index (χ1) is 15.7. The highest BCUT2D eigenvalue weighted by Crippen LogP contribution is 2.30. The fraction of sp³-hybridized carbons (Fsp3) is 0.296. The molecule has 1 aliphatic carbocycles. The van der Waals surface area contributed by atoms with Crippen molar-refractivity contribution in [2.75, 3.05) is 10.6 Å². The van der Waals surface area contributed by atoms with Gasteiger partial charge in [-0.15, -0.1) is 0 Å². The first-order valence-corrected chi connectivity index (χ1v) is 13.1. The van der Waals surface area contributed by atoms with Crippen LogP contribution in [0, 0.1) is 13.8 Å². The van der Waals surface area contributed by atoms with E-state index in [0.717, 1.165) is 36.0 Å². The molecule has 5 nitrogen and oxygen atoms in total. The number of nitrogens with zero attached hydrogens (tertiary/aromatic N) is 1. The molecule has 3 aromatic carbocycles. The minimum absolute atomic E-state index is 0.0203. The van der Waals surface area contributed by atoms with Crippen molar-refractivity contribution in [1.82, 2.24) is 5.32 Å². The van der Waals surface area contributed by atoms with Crippen molar-refractivity contribution in [1.29, 1.82) is 0 Å². The molecule has 0 saturated carbocycles. The summed E-state index contributed by atoms with van der Waals surface area (Å²) in [6, 6.07) is 21.2. The molecule has 1 amide bonds. The summed E-state index contributed by atoms with van der Waals surface area (Å²) in [5, 5.41) is 3.17. The van der Waals surface area contributed by atoms with Crippen molar-refractivity contribution < 1.29 is 13.2 Å². The maximum atomic E-state index is 12.9. The molecule has 0 spiro atoms. The summed E-state index contributed by atoms with van der Waals surface area (Å²) in [6.07, 6.45) is 4.26. The average Bonchev–Trinajstić information content (AvgIpc) is 2.78. The lowest BCUT2D eigenvalue weighted by atomic mass is 9.87. The molecule has 4 rings (SSSR count). The largest absolute Gasteiger partial charge is 0.345 e. The summed E-state index contributed by atoms with van der Waals surface area (Å²) >= 11 is 0. The monoisotopic (exact) mass is 462 g/mol. The van der Waals surface area contributed by atoms with Crippen LogP contribution in [0.3, 0.4) is 0 Å². The number of rotatable bonds is 6. The fourth-order valence-electron chi connectivity index (χ4n) is 4.63. The van der Waals surface area contributed by atoms with E-state index < -0.39 is 10.0 Å². The number of anilines is 1. The highest BCUT2D eigenvalue weighted by Gasteiger charge is 2.23. The van der Waals surface area contributed by atoms with Gasteiger partial charge in [0.25, 0.3) is 5.91 Å². The normalized spacial score (nSPS) is 15.5. The number of hydrogen-bond acceptors (Lipinski definition) is 3. The Hall–Kier alpha value is -3.12. The predicted molar refractivity (Wildman–Crippen MR) is 133 cm³/mol. The highest BCUT2D eigenvalue weighted by atomic mass is 32.2. The van der Waals surface area contributed by atoms with Crippen molar-refractivity contribution in [2.24, 2.45) is 0 Å². The van der Waals surface area contributed by atoms with Gasteiger partial charge in [-0.05, 0) is 73.1 Å². The second-order valence-corrected chi connectivity index (χ2v) is 10.7. The van der Waals surface area contributed by atoms with Gasteiger partial charge in [-0.25, -0.2) is 8.42 Å². The lowest BCUT2D eigenvalue weighted by Gasteiger charge is -2.27. The molecule has 1 unspecified atom stereocenters. The lowest BCUT2D eigenvalue weighted by Crippen LogP contribution is -2.31. The van der Waals surface area contributed by atoms with Crippen LogP contribution < -0.4 is 9.62 Å². The molecule has 1 aliphatic rings. The third kappa shape index (κ3) is 5.11. The van der Waals surface area contributed by atoms with Crippen molar-refractivity contribution in [3.63, 3.8) is 0 Å². The Morgan fingerprint density at radius 1 is 0.970 bits per heavy atom. The highest BCUT2D eigenvalue weighted by molar-refractivity contribution is 7.92. The number of para-hydroxylation sites is 1. The maximum Gasteiger partial charge on any atom is 0.251 e.